The number of thiophene rings is 1. The van der Waals surface area contributed by atoms with Crippen LogP contribution < -0.4 is 5.32 Å². The molecule has 24 heavy (non-hydrogen) atoms. The minimum atomic E-state index is 0.000394. The molecule has 1 fully saturated rings. The summed E-state index contributed by atoms with van der Waals surface area (Å²) in [6.07, 6.45) is 2.16. The van der Waals surface area contributed by atoms with Crippen LogP contribution in [0.25, 0.3) is 10.2 Å². The number of amides is 1. The van der Waals surface area contributed by atoms with Gasteiger partial charge in [0, 0.05) is 27.0 Å². The predicted molar refractivity (Wildman–Crippen MR) is 98.4 cm³/mol. The van der Waals surface area contributed by atoms with E-state index in [1.807, 2.05) is 35.9 Å². The molecule has 0 bridgehead atoms. The fraction of sp³-hybridized carbons (Fsp3) is 0.294. The molecule has 0 saturated heterocycles. The van der Waals surface area contributed by atoms with E-state index in [1.165, 1.54) is 11.3 Å². The maximum absolute atomic E-state index is 12.3. The zero-order chi connectivity index (χ0) is 16.8. The fourth-order valence-electron chi connectivity index (χ4n) is 2.65. The van der Waals surface area contributed by atoms with Crippen molar-refractivity contribution >= 4 is 50.7 Å². The van der Waals surface area contributed by atoms with E-state index in [4.69, 9.17) is 23.2 Å². The Labute approximate surface area is 153 Å². The number of rotatable bonds is 4. The van der Waals surface area contributed by atoms with Crippen molar-refractivity contribution in [1.29, 1.82) is 0 Å². The minimum absolute atomic E-state index is 0.000394. The van der Waals surface area contributed by atoms with Gasteiger partial charge in [0.15, 0.2) is 0 Å². The second-order valence-electron chi connectivity index (χ2n) is 6.02. The van der Waals surface area contributed by atoms with Gasteiger partial charge in [0.25, 0.3) is 5.91 Å². The highest BCUT2D eigenvalue weighted by molar-refractivity contribution is 7.20. The highest BCUT2D eigenvalue weighted by atomic mass is 35.5. The van der Waals surface area contributed by atoms with E-state index >= 15 is 0 Å². The third-order valence-corrected chi connectivity index (χ3v) is 5.97. The molecule has 0 spiro atoms. The van der Waals surface area contributed by atoms with Crippen LogP contribution in [0.5, 0.6) is 0 Å². The zero-order valence-corrected chi connectivity index (χ0v) is 15.3. The SMILES string of the molecule is Cc1nn(Cc2c(Cl)cccc2Cl)c2sc(C(=O)NC3CC3)cc12. The number of fused-ring (bicyclic) bond motifs is 1. The number of aryl methyl sites for hydroxylation is 1. The number of carbonyl (C=O) groups is 1. The standard InChI is InChI=1S/C17H15Cl2N3OS/c1-9-11-7-15(16(23)20-10-5-6-10)24-17(11)22(21-9)8-12-13(18)3-2-4-14(12)19/h2-4,7,10H,5-6,8H2,1H3,(H,20,23). The number of hydrogen-bond acceptors (Lipinski definition) is 3. The lowest BCUT2D eigenvalue weighted by atomic mass is 10.2. The molecule has 0 aliphatic heterocycles. The topological polar surface area (TPSA) is 46.9 Å². The van der Waals surface area contributed by atoms with Crippen LogP contribution in [0.2, 0.25) is 10.0 Å². The maximum Gasteiger partial charge on any atom is 0.261 e. The highest BCUT2D eigenvalue weighted by Gasteiger charge is 2.25. The van der Waals surface area contributed by atoms with Crippen molar-refractivity contribution in [3.05, 3.63) is 50.4 Å². The van der Waals surface area contributed by atoms with Crippen molar-refractivity contribution in [2.75, 3.05) is 0 Å². The Kier molecular flexibility index (Phi) is 4.03. The molecule has 1 saturated carbocycles. The molecule has 0 unspecified atom stereocenters. The summed E-state index contributed by atoms with van der Waals surface area (Å²) in [6, 6.07) is 7.73. The molecule has 1 aliphatic rings. The Morgan fingerprint density at radius 2 is 2.08 bits per heavy atom. The Balaban J connectivity index is 1.70. The van der Waals surface area contributed by atoms with E-state index in [0.29, 0.717) is 22.6 Å². The number of benzene rings is 1. The normalized spacial score (nSPS) is 14.3. The van der Waals surface area contributed by atoms with Gasteiger partial charge in [-0.15, -0.1) is 11.3 Å². The number of carbonyl (C=O) groups excluding carboxylic acids is 1. The van der Waals surface area contributed by atoms with Gasteiger partial charge in [-0.25, -0.2) is 4.68 Å². The maximum atomic E-state index is 12.3. The van der Waals surface area contributed by atoms with E-state index in [0.717, 1.165) is 39.2 Å². The van der Waals surface area contributed by atoms with Gasteiger partial charge >= 0.3 is 0 Å². The molecule has 4 rings (SSSR count). The Morgan fingerprint density at radius 1 is 1.38 bits per heavy atom. The lowest BCUT2D eigenvalue weighted by Crippen LogP contribution is -2.24. The molecule has 3 aromatic rings. The number of nitrogens with one attached hydrogen (secondary N) is 1. The van der Waals surface area contributed by atoms with Crippen LogP contribution in [0, 0.1) is 6.92 Å². The quantitative estimate of drug-likeness (QED) is 0.716. The average Bonchev–Trinajstić information content (AvgIpc) is 3.15. The van der Waals surface area contributed by atoms with Crippen molar-refractivity contribution < 1.29 is 4.79 Å². The van der Waals surface area contributed by atoms with Crippen LogP contribution in [-0.4, -0.2) is 21.7 Å². The first kappa shape index (κ1) is 15.9. The third kappa shape index (κ3) is 2.92. The molecule has 2 heterocycles. The van der Waals surface area contributed by atoms with Crippen LogP contribution in [0.1, 0.15) is 33.8 Å². The molecule has 1 aliphatic carbocycles. The first-order valence-electron chi connectivity index (χ1n) is 7.73. The van der Waals surface area contributed by atoms with Gasteiger partial charge < -0.3 is 5.32 Å². The van der Waals surface area contributed by atoms with E-state index in [-0.39, 0.29) is 5.91 Å². The molecule has 7 heteroatoms. The van der Waals surface area contributed by atoms with E-state index in [1.54, 1.807) is 0 Å². The first-order valence-corrected chi connectivity index (χ1v) is 9.31. The summed E-state index contributed by atoms with van der Waals surface area (Å²) >= 11 is 14.0. The molecular weight excluding hydrogens is 365 g/mol. The van der Waals surface area contributed by atoms with Gasteiger partial charge in [-0.05, 0) is 38.0 Å². The van der Waals surface area contributed by atoms with Gasteiger partial charge in [-0.1, -0.05) is 29.3 Å². The summed E-state index contributed by atoms with van der Waals surface area (Å²) in [5.41, 5.74) is 1.73. The Morgan fingerprint density at radius 3 is 2.75 bits per heavy atom. The molecule has 1 N–H and O–H groups in total. The summed E-state index contributed by atoms with van der Waals surface area (Å²) in [6.45, 7) is 2.43. The lowest BCUT2D eigenvalue weighted by molar-refractivity contribution is 0.0955. The molecule has 1 aromatic carbocycles. The van der Waals surface area contributed by atoms with E-state index < -0.39 is 0 Å². The molecule has 124 valence electrons. The number of halogens is 2. The third-order valence-electron chi connectivity index (χ3n) is 4.11. The van der Waals surface area contributed by atoms with Crippen LogP contribution in [0.15, 0.2) is 24.3 Å². The first-order chi connectivity index (χ1) is 11.5. The smallest absolute Gasteiger partial charge is 0.261 e. The zero-order valence-electron chi connectivity index (χ0n) is 13.0. The van der Waals surface area contributed by atoms with Gasteiger partial charge in [-0.2, -0.15) is 5.10 Å². The fourth-order valence-corrected chi connectivity index (χ4v) is 4.23. The Hall–Kier alpha value is -1.56. The summed E-state index contributed by atoms with van der Waals surface area (Å²) in [5.74, 6) is 0.000394. The van der Waals surface area contributed by atoms with Crippen LogP contribution in [-0.2, 0) is 6.54 Å². The van der Waals surface area contributed by atoms with E-state index in [2.05, 4.69) is 10.4 Å². The summed E-state index contributed by atoms with van der Waals surface area (Å²) in [4.78, 5) is 14.0. The summed E-state index contributed by atoms with van der Waals surface area (Å²) < 4.78 is 1.87. The molecule has 0 atom stereocenters. The van der Waals surface area contributed by atoms with Crippen LogP contribution in [0.4, 0.5) is 0 Å². The van der Waals surface area contributed by atoms with Gasteiger partial charge in [0.05, 0.1) is 17.1 Å². The highest BCUT2D eigenvalue weighted by Crippen LogP contribution is 2.32. The average molecular weight is 380 g/mol. The summed E-state index contributed by atoms with van der Waals surface area (Å²) in [7, 11) is 0. The summed E-state index contributed by atoms with van der Waals surface area (Å²) in [5, 5.41) is 9.85. The number of aromatic nitrogens is 2. The van der Waals surface area contributed by atoms with Crippen molar-refractivity contribution in [3.8, 4) is 0 Å². The Bertz CT molecular complexity index is 923. The second kappa shape index (κ2) is 6.06. The second-order valence-corrected chi connectivity index (χ2v) is 7.87. The van der Waals surface area contributed by atoms with Crippen molar-refractivity contribution in [2.45, 2.75) is 32.4 Å². The van der Waals surface area contributed by atoms with Crippen molar-refractivity contribution in [1.82, 2.24) is 15.1 Å². The number of hydrogen-bond donors (Lipinski definition) is 1. The molecule has 0 radical (unpaired) electrons. The molecule has 2 aromatic heterocycles. The van der Waals surface area contributed by atoms with Crippen LogP contribution in [0.3, 0.4) is 0 Å². The molecular formula is C17H15Cl2N3OS. The minimum Gasteiger partial charge on any atom is -0.349 e. The molecule has 4 nitrogen and oxygen atoms in total. The van der Waals surface area contributed by atoms with Gasteiger partial charge in [0.2, 0.25) is 0 Å². The van der Waals surface area contributed by atoms with Crippen molar-refractivity contribution in [2.24, 2.45) is 0 Å². The number of nitrogens with zero attached hydrogens (tertiary/aromatic N) is 2. The van der Waals surface area contributed by atoms with Gasteiger partial charge in [0.1, 0.15) is 4.83 Å². The van der Waals surface area contributed by atoms with E-state index in [9.17, 15) is 4.79 Å². The monoisotopic (exact) mass is 379 g/mol. The van der Waals surface area contributed by atoms with Crippen LogP contribution >= 0.6 is 34.5 Å². The van der Waals surface area contributed by atoms with Gasteiger partial charge in [-0.3, -0.25) is 4.79 Å². The molecule has 1 amide bonds. The largest absolute Gasteiger partial charge is 0.349 e. The lowest BCUT2D eigenvalue weighted by Gasteiger charge is -2.07. The van der Waals surface area contributed by atoms with Crippen molar-refractivity contribution in [3.63, 3.8) is 0 Å². The predicted octanol–water partition coefficient (Wildman–Crippen LogP) is 4.65.